The smallest absolute Gasteiger partial charge is 0.222 e. The van der Waals surface area contributed by atoms with E-state index >= 15 is 0 Å². The Hall–Kier alpha value is -0.610. The number of hydrogen-bond donors (Lipinski definition) is 1. The van der Waals surface area contributed by atoms with Gasteiger partial charge in [0.25, 0.3) is 0 Å². The minimum atomic E-state index is 0.284. The van der Waals surface area contributed by atoms with E-state index < -0.39 is 0 Å². The van der Waals surface area contributed by atoms with Crippen molar-refractivity contribution in [2.75, 3.05) is 34.2 Å². The number of rotatable bonds is 6. The Labute approximate surface area is 111 Å². The van der Waals surface area contributed by atoms with Gasteiger partial charge < -0.3 is 15.5 Å². The Kier molecular flexibility index (Phi) is 6.65. The standard InChI is InChI=1S/C14H29N3O/c1-16(2)10-11-17(3)14(18)9-6-12-4-7-13(15)8-5-12/h12-13H,4-11,15H2,1-3H3. The number of nitrogens with zero attached hydrogens (tertiary/aromatic N) is 2. The molecule has 106 valence electrons. The highest BCUT2D eigenvalue weighted by Crippen LogP contribution is 2.26. The Morgan fingerprint density at radius 2 is 1.72 bits per heavy atom. The number of carbonyl (C=O) groups is 1. The molecular weight excluding hydrogens is 226 g/mol. The van der Waals surface area contributed by atoms with Gasteiger partial charge in [0.15, 0.2) is 0 Å². The summed E-state index contributed by atoms with van der Waals surface area (Å²) in [4.78, 5) is 15.9. The molecular formula is C14H29N3O. The first kappa shape index (κ1) is 15.4. The Morgan fingerprint density at radius 1 is 1.11 bits per heavy atom. The number of amides is 1. The van der Waals surface area contributed by atoms with Crippen molar-refractivity contribution >= 4 is 5.91 Å². The predicted octanol–water partition coefficient (Wildman–Crippen LogP) is 1.30. The van der Waals surface area contributed by atoms with Crippen molar-refractivity contribution in [2.45, 2.75) is 44.6 Å². The average molecular weight is 255 g/mol. The lowest BCUT2D eigenvalue weighted by molar-refractivity contribution is -0.130. The van der Waals surface area contributed by atoms with Gasteiger partial charge in [-0.2, -0.15) is 0 Å². The summed E-state index contributed by atoms with van der Waals surface area (Å²) in [5.74, 6) is 1.00. The van der Waals surface area contributed by atoms with Gasteiger partial charge in [0.2, 0.25) is 5.91 Å². The largest absolute Gasteiger partial charge is 0.344 e. The Balaban J connectivity index is 2.16. The van der Waals surface area contributed by atoms with E-state index in [9.17, 15) is 4.79 Å². The second kappa shape index (κ2) is 7.74. The molecule has 1 amide bonds. The van der Waals surface area contributed by atoms with E-state index in [2.05, 4.69) is 4.90 Å². The van der Waals surface area contributed by atoms with Crippen molar-refractivity contribution in [1.82, 2.24) is 9.80 Å². The highest BCUT2D eigenvalue weighted by molar-refractivity contribution is 5.75. The number of carbonyl (C=O) groups excluding carboxylic acids is 1. The van der Waals surface area contributed by atoms with E-state index in [0.29, 0.717) is 12.5 Å². The van der Waals surface area contributed by atoms with Gasteiger partial charge in [-0.05, 0) is 52.1 Å². The molecule has 0 aromatic rings. The fraction of sp³-hybridized carbons (Fsp3) is 0.929. The third kappa shape index (κ3) is 5.83. The lowest BCUT2D eigenvalue weighted by Crippen LogP contribution is -2.34. The van der Waals surface area contributed by atoms with E-state index in [1.165, 1.54) is 12.8 Å². The molecule has 1 aliphatic rings. The molecule has 0 spiro atoms. The van der Waals surface area contributed by atoms with Crippen molar-refractivity contribution in [3.8, 4) is 0 Å². The van der Waals surface area contributed by atoms with Gasteiger partial charge in [0.05, 0.1) is 0 Å². The van der Waals surface area contributed by atoms with E-state index in [-0.39, 0.29) is 5.91 Å². The van der Waals surface area contributed by atoms with Gasteiger partial charge in [-0.3, -0.25) is 4.79 Å². The van der Waals surface area contributed by atoms with Crippen LogP contribution in [0.1, 0.15) is 38.5 Å². The van der Waals surface area contributed by atoms with Crippen LogP contribution in [0.3, 0.4) is 0 Å². The van der Waals surface area contributed by atoms with Crippen molar-refractivity contribution in [3.63, 3.8) is 0 Å². The summed E-state index contributed by atoms with van der Waals surface area (Å²) in [5, 5.41) is 0. The van der Waals surface area contributed by atoms with Crippen molar-refractivity contribution in [2.24, 2.45) is 11.7 Å². The molecule has 0 radical (unpaired) electrons. The fourth-order valence-electron chi connectivity index (χ4n) is 2.47. The second-order valence-electron chi connectivity index (χ2n) is 5.94. The molecule has 0 heterocycles. The monoisotopic (exact) mass is 255 g/mol. The summed E-state index contributed by atoms with van der Waals surface area (Å²) in [7, 11) is 5.97. The number of likely N-dealkylation sites (N-methyl/N-ethyl adjacent to an activating group) is 2. The average Bonchev–Trinajstić information content (AvgIpc) is 2.34. The molecule has 0 bridgehead atoms. The first-order chi connectivity index (χ1) is 8.49. The second-order valence-corrected chi connectivity index (χ2v) is 5.94. The number of hydrogen-bond acceptors (Lipinski definition) is 3. The third-order valence-electron chi connectivity index (χ3n) is 3.97. The topological polar surface area (TPSA) is 49.6 Å². The SMILES string of the molecule is CN(C)CCN(C)C(=O)CCC1CCC(N)CC1. The lowest BCUT2D eigenvalue weighted by Gasteiger charge is -2.26. The molecule has 0 atom stereocenters. The number of nitrogens with two attached hydrogens (primary N) is 1. The van der Waals surface area contributed by atoms with Crippen LogP contribution in [0.25, 0.3) is 0 Å². The summed E-state index contributed by atoms with van der Waals surface area (Å²) >= 11 is 0. The zero-order chi connectivity index (χ0) is 13.5. The lowest BCUT2D eigenvalue weighted by atomic mass is 9.84. The van der Waals surface area contributed by atoms with Gasteiger partial charge in [-0.15, -0.1) is 0 Å². The molecule has 18 heavy (non-hydrogen) atoms. The molecule has 1 rings (SSSR count). The molecule has 1 saturated carbocycles. The molecule has 0 aromatic heterocycles. The predicted molar refractivity (Wildman–Crippen MR) is 75.4 cm³/mol. The molecule has 1 aliphatic carbocycles. The minimum absolute atomic E-state index is 0.284. The van der Waals surface area contributed by atoms with Crippen LogP contribution in [0.5, 0.6) is 0 Å². The normalized spacial score (nSPS) is 24.3. The summed E-state index contributed by atoms with van der Waals surface area (Å²) < 4.78 is 0. The van der Waals surface area contributed by atoms with Gasteiger partial charge >= 0.3 is 0 Å². The Bertz CT molecular complexity index is 247. The molecule has 0 aliphatic heterocycles. The van der Waals surface area contributed by atoms with Gasteiger partial charge in [-0.1, -0.05) is 0 Å². The van der Waals surface area contributed by atoms with E-state index in [1.807, 2.05) is 26.0 Å². The first-order valence-corrected chi connectivity index (χ1v) is 7.13. The van der Waals surface area contributed by atoms with Crippen molar-refractivity contribution in [1.29, 1.82) is 0 Å². The molecule has 1 fully saturated rings. The highest BCUT2D eigenvalue weighted by atomic mass is 16.2. The Morgan fingerprint density at radius 3 is 2.28 bits per heavy atom. The third-order valence-corrected chi connectivity index (χ3v) is 3.97. The summed E-state index contributed by atoms with van der Waals surface area (Å²) in [6, 6.07) is 0.403. The molecule has 4 heteroatoms. The summed E-state index contributed by atoms with van der Waals surface area (Å²) in [5.41, 5.74) is 5.89. The van der Waals surface area contributed by atoms with Crippen LogP contribution >= 0.6 is 0 Å². The van der Waals surface area contributed by atoms with Crippen LogP contribution in [0.2, 0.25) is 0 Å². The van der Waals surface area contributed by atoms with Crippen LogP contribution in [0, 0.1) is 5.92 Å². The summed E-state index contributed by atoms with van der Waals surface area (Å²) in [6.45, 7) is 1.75. The molecule has 0 saturated heterocycles. The zero-order valence-corrected chi connectivity index (χ0v) is 12.2. The van der Waals surface area contributed by atoms with Crippen LogP contribution < -0.4 is 5.73 Å². The highest BCUT2D eigenvalue weighted by Gasteiger charge is 2.19. The van der Waals surface area contributed by atoms with E-state index in [0.717, 1.165) is 38.3 Å². The maximum Gasteiger partial charge on any atom is 0.222 e. The molecule has 0 unspecified atom stereocenters. The van der Waals surface area contributed by atoms with E-state index in [1.54, 1.807) is 0 Å². The first-order valence-electron chi connectivity index (χ1n) is 7.13. The maximum atomic E-state index is 11.9. The van der Waals surface area contributed by atoms with E-state index in [4.69, 9.17) is 5.73 Å². The van der Waals surface area contributed by atoms with Gasteiger partial charge in [-0.25, -0.2) is 0 Å². The maximum absolute atomic E-state index is 11.9. The van der Waals surface area contributed by atoms with Crippen LogP contribution in [0.4, 0.5) is 0 Å². The van der Waals surface area contributed by atoms with Crippen molar-refractivity contribution < 1.29 is 4.79 Å². The van der Waals surface area contributed by atoms with Crippen LogP contribution in [-0.4, -0.2) is 56.0 Å². The van der Waals surface area contributed by atoms with Gasteiger partial charge in [0, 0.05) is 32.6 Å². The molecule has 0 aromatic carbocycles. The quantitative estimate of drug-likeness (QED) is 0.778. The minimum Gasteiger partial charge on any atom is -0.344 e. The zero-order valence-electron chi connectivity index (χ0n) is 12.2. The van der Waals surface area contributed by atoms with Crippen LogP contribution in [-0.2, 0) is 4.79 Å². The molecule has 4 nitrogen and oxygen atoms in total. The molecule has 2 N–H and O–H groups in total. The van der Waals surface area contributed by atoms with Crippen LogP contribution in [0.15, 0.2) is 0 Å². The van der Waals surface area contributed by atoms with Gasteiger partial charge in [0.1, 0.15) is 0 Å². The summed E-state index contributed by atoms with van der Waals surface area (Å²) in [6.07, 6.45) is 6.41. The van der Waals surface area contributed by atoms with Crippen molar-refractivity contribution in [3.05, 3.63) is 0 Å². The fourth-order valence-corrected chi connectivity index (χ4v) is 2.47.